The summed E-state index contributed by atoms with van der Waals surface area (Å²) in [7, 11) is 0. The third kappa shape index (κ3) is 2.59. The van der Waals surface area contributed by atoms with Crippen molar-refractivity contribution in [2.75, 3.05) is 9.80 Å². The lowest BCUT2D eigenvalue weighted by molar-refractivity contribution is 0.195. The lowest BCUT2D eigenvalue weighted by atomic mass is 9.30. The maximum absolute atomic E-state index is 6.87. The molecule has 0 saturated heterocycles. The van der Waals surface area contributed by atoms with Gasteiger partial charge in [-0.25, -0.2) is 0 Å². The SMILES string of the molecule is CC1(C)C2=C(c3oc4ccccc4c31)N(c1ccccc1)c1cccc3c1B2c1cccc2c1N3C1(C)CCCCC21C. The van der Waals surface area contributed by atoms with E-state index in [0.717, 1.165) is 11.3 Å². The lowest BCUT2D eigenvalue weighted by Gasteiger charge is -2.53. The second-order valence-corrected chi connectivity index (χ2v) is 14.4. The monoisotopic (exact) mass is 558 g/mol. The van der Waals surface area contributed by atoms with Crippen molar-refractivity contribution in [3.8, 4) is 0 Å². The van der Waals surface area contributed by atoms with E-state index >= 15 is 0 Å². The Morgan fingerprint density at radius 1 is 0.744 bits per heavy atom. The summed E-state index contributed by atoms with van der Waals surface area (Å²) in [5, 5.41) is 1.23. The van der Waals surface area contributed by atoms with Gasteiger partial charge in [-0.15, -0.1) is 0 Å². The highest BCUT2D eigenvalue weighted by Gasteiger charge is 2.63. The van der Waals surface area contributed by atoms with Gasteiger partial charge < -0.3 is 14.2 Å². The molecule has 1 fully saturated rings. The van der Waals surface area contributed by atoms with Crippen LogP contribution in [0.2, 0.25) is 0 Å². The van der Waals surface area contributed by atoms with E-state index in [0.29, 0.717) is 0 Å². The molecule has 5 aromatic rings. The molecule has 0 spiro atoms. The molecule has 2 aliphatic carbocycles. The molecule has 4 heterocycles. The average Bonchev–Trinajstić information content (AvgIpc) is 3.59. The van der Waals surface area contributed by atoms with E-state index < -0.39 is 0 Å². The summed E-state index contributed by atoms with van der Waals surface area (Å²) in [4.78, 5) is 5.32. The number of allylic oxidation sites excluding steroid dienone is 1. The Bertz CT molecular complexity index is 2070. The standard InChI is InChI=1S/C39H35BN2O/c1-37(2)31-25-16-8-9-21-30(25)43-35(31)34-36(37)40-27-18-12-17-26-33(27)42(39(4)23-11-10-22-38(26,39)3)29-20-13-19-28(32(29)40)41(34)24-14-6-5-7-15-24/h5-9,12-21H,10-11,22-23H2,1-4H3. The van der Waals surface area contributed by atoms with Gasteiger partial charge in [-0.3, -0.25) is 0 Å². The molecule has 2 unspecified atom stereocenters. The van der Waals surface area contributed by atoms with Gasteiger partial charge in [0.2, 0.25) is 6.71 Å². The maximum Gasteiger partial charge on any atom is 0.248 e. The van der Waals surface area contributed by atoms with E-state index in [-0.39, 0.29) is 23.1 Å². The van der Waals surface area contributed by atoms with Gasteiger partial charge in [-0.2, -0.15) is 0 Å². The van der Waals surface area contributed by atoms with Crippen LogP contribution in [0.3, 0.4) is 0 Å². The van der Waals surface area contributed by atoms with Crippen molar-refractivity contribution in [2.45, 2.75) is 69.7 Å². The molecule has 0 amide bonds. The van der Waals surface area contributed by atoms with Crippen LogP contribution < -0.4 is 20.7 Å². The minimum absolute atomic E-state index is 0.0449. The number of fused-ring (bicyclic) bond motifs is 10. The molecule has 5 aliphatic rings. The predicted molar refractivity (Wildman–Crippen MR) is 179 cm³/mol. The number of rotatable bonds is 1. The fourth-order valence-electron chi connectivity index (χ4n) is 10.2. The third-order valence-electron chi connectivity index (χ3n) is 12.2. The van der Waals surface area contributed by atoms with Crippen LogP contribution >= 0.6 is 0 Å². The van der Waals surface area contributed by atoms with Gasteiger partial charge >= 0.3 is 0 Å². The highest BCUT2D eigenvalue weighted by Crippen LogP contribution is 2.63. The summed E-state index contributed by atoms with van der Waals surface area (Å²) in [6.07, 6.45) is 5.05. The molecule has 0 bridgehead atoms. The Labute approximate surface area is 253 Å². The van der Waals surface area contributed by atoms with Crippen LogP contribution in [0.5, 0.6) is 0 Å². The van der Waals surface area contributed by atoms with Crippen LogP contribution in [0.25, 0.3) is 16.7 Å². The molecule has 2 atom stereocenters. The zero-order valence-electron chi connectivity index (χ0n) is 25.4. The van der Waals surface area contributed by atoms with Gasteiger partial charge in [0.25, 0.3) is 0 Å². The predicted octanol–water partition coefficient (Wildman–Crippen LogP) is 8.49. The first-order valence-corrected chi connectivity index (χ1v) is 16.0. The molecule has 4 aromatic carbocycles. The zero-order chi connectivity index (χ0) is 28.9. The van der Waals surface area contributed by atoms with Gasteiger partial charge in [0.1, 0.15) is 5.58 Å². The van der Waals surface area contributed by atoms with Crippen molar-refractivity contribution in [3.63, 3.8) is 0 Å². The summed E-state index contributed by atoms with van der Waals surface area (Å²) in [6, 6.07) is 33.9. The van der Waals surface area contributed by atoms with Gasteiger partial charge in [-0.1, -0.05) is 99.7 Å². The molecule has 0 radical (unpaired) electrons. The first kappa shape index (κ1) is 24.3. The molecular formula is C39H35BN2O. The smallest absolute Gasteiger partial charge is 0.248 e. The summed E-state index contributed by atoms with van der Waals surface area (Å²) < 4.78 is 6.87. The fraction of sp³-hybridized carbons (Fsp3) is 0.282. The van der Waals surface area contributed by atoms with Crippen molar-refractivity contribution in [1.82, 2.24) is 0 Å². The van der Waals surface area contributed by atoms with Crippen molar-refractivity contribution in [1.29, 1.82) is 0 Å². The number of nitrogens with zero attached hydrogens (tertiary/aromatic N) is 2. The van der Waals surface area contributed by atoms with Crippen LogP contribution in [0, 0.1) is 0 Å². The van der Waals surface area contributed by atoms with Gasteiger partial charge in [0.05, 0.1) is 11.2 Å². The molecule has 43 heavy (non-hydrogen) atoms. The van der Waals surface area contributed by atoms with Crippen molar-refractivity contribution in [3.05, 3.63) is 113 Å². The van der Waals surface area contributed by atoms with Gasteiger partial charge in [0, 0.05) is 44.5 Å². The van der Waals surface area contributed by atoms with E-state index in [1.54, 1.807) is 5.56 Å². The zero-order valence-corrected chi connectivity index (χ0v) is 25.4. The third-order valence-corrected chi connectivity index (χ3v) is 12.2. The molecule has 1 saturated carbocycles. The highest BCUT2D eigenvalue weighted by molar-refractivity contribution is 6.96. The van der Waals surface area contributed by atoms with E-state index in [1.165, 1.54) is 81.5 Å². The normalized spacial score (nSPS) is 25.4. The number of anilines is 4. The van der Waals surface area contributed by atoms with Gasteiger partial charge in [-0.05, 0) is 66.6 Å². The molecule has 210 valence electrons. The average molecular weight is 559 g/mol. The quantitative estimate of drug-likeness (QED) is 0.192. The summed E-state index contributed by atoms with van der Waals surface area (Å²) >= 11 is 0. The van der Waals surface area contributed by atoms with Crippen LogP contribution in [-0.4, -0.2) is 12.3 Å². The van der Waals surface area contributed by atoms with Crippen molar-refractivity contribution < 1.29 is 4.42 Å². The molecule has 4 heteroatoms. The van der Waals surface area contributed by atoms with Gasteiger partial charge in [0.15, 0.2) is 5.76 Å². The molecule has 10 rings (SSSR count). The molecule has 3 aliphatic heterocycles. The Morgan fingerprint density at radius 2 is 1.49 bits per heavy atom. The number of hydrogen-bond donors (Lipinski definition) is 0. The Balaban J connectivity index is 1.36. The van der Waals surface area contributed by atoms with E-state index in [2.05, 4.69) is 128 Å². The van der Waals surface area contributed by atoms with Crippen LogP contribution in [0.15, 0.2) is 101 Å². The summed E-state index contributed by atoms with van der Waals surface area (Å²) in [6.45, 7) is 10.1. The lowest BCUT2D eigenvalue weighted by Crippen LogP contribution is -2.62. The fourth-order valence-corrected chi connectivity index (χ4v) is 10.2. The van der Waals surface area contributed by atoms with Crippen LogP contribution in [-0.2, 0) is 10.8 Å². The minimum atomic E-state index is -0.218. The number of benzene rings is 4. The summed E-state index contributed by atoms with van der Waals surface area (Å²) in [5.74, 6) is 1.03. The van der Waals surface area contributed by atoms with Crippen LogP contribution in [0.1, 0.15) is 70.3 Å². The maximum atomic E-state index is 6.87. The number of furan rings is 1. The van der Waals surface area contributed by atoms with Crippen LogP contribution in [0.4, 0.5) is 22.7 Å². The van der Waals surface area contributed by atoms with E-state index in [4.69, 9.17) is 4.42 Å². The Morgan fingerprint density at radius 3 is 2.35 bits per heavy atom. The second-order valence-electron chi connectivity index (χ2n) is 14.4. The Hall–Kier alpha value is -4.18. The topological polar surface area (TPSA) is 19.6 Å². The van der Waals surface area contributed by atoms with E-state index in [1.807, 2.05) is 0 Å². The molecule has 3 nitrogen and oxygen atoms in total. The summed E-state index contributed by atoms with van der Waals surface area (Å²) in [5.41, 5.74) is 14.8. The number of para-hydroxylation sites is 3. The minimum Gasteiger partial charge on any atom is -0.454 e. The van der Waals surface area contributed by atoms with E-state index in [9.17, 15) is 0 Å². The molecule has 0 N–H and O–H groups in total. The Kier molecular flexibility index (Phi) is 4.33. The molecule has 1 aromatic heterocycles. The first-order valence-electron chi connectivity index (χ1n) is 16.0. The largest absolute Gasteiger partial charge is 0.454 e. The van der Waals surface area contributed by atoms with Crippen molar-refractivity contribution in [2.24, 2.45) is 0 Å². The number of hydrogen-bond acceptors (Lipinski definition) is 3. The highest BCUT2D eigenvalue weighted by atomic mass is 16.3. The second kappa shape index (κ2) is 7.66. The van der Waals surface area contributed by atoms with Crippen molar-refractivity contribution >= 4 is 57.1 Å². The molecular weight excluding hydrogens is 523 g/mol. The first-order chi connectivity index (χ1) is 20.9.